The first-order chi connectivity index (χ1) is 8.84. The van der Waals surface area contributed by atoms with Crippen molar-refractivity contribution in [2.24, 2.45) is 5.73 Å². The Hall–Kier alpha value is -1.67. The Morgan fingerprint density at radius 1 is 1.63 bits per heavy atom. The van der Waals surface area contributed by atoms with Gasteiger partial charge in [-0.15, -0.1) is 0 Å². The van der Waals surface area contributed by atoms with Crippen LogP contribution in [0.4, 0.5) is 5.69 Å². The molecule has 0 fully saturated rings. The lowest BCUT2D eigenvalue weighted by Gasteiger charge is -2.08. The molecule has 0 aliphatic rings. The van der Waals surface area contributed by atoms with Crippen LogP contribution in [0.25, 0.3) is 0 Å². The molecule has 0 unspecified atom stereocenters. The van der Waals surface area contributed by atoms with Crippen molar-refractivity contribution in [2.75, 3.05) is 5.75 Å². The minimum Gasteiger partial charge on any atom is -0.480 e. The van der Waals surface area contributed by atoms with E-state index in [-0.39, 0.29) is 11.4 Å². The van der Waals surface area contributed by atoms with Gasteiger partial charge in [0.05, 0.1) is 10.6 Å². The van der Waals surface area contributed by atoms with Gasteiger partial charge in [0, 0.05) is 28.8 Å². The summed E-state index contributed by atoms with van der Waals surface area (Å²) in [6, 6.07) is -0.939. The van der Waals surface area contributed by atoms with E-state index in [0.717, 1.165) is 0 Å². The zero-order valence-corrected chi connectivity index (χ0v) is 11.4. The highest BCUT2D eigenvalue weighted by atomic mass is 32.2. The predicted octanol–water partition coefficient (Wildman–Crippen LogP) is 1.25. The number of carboxylic acids is 1. The molecule has 0 radical (unpaired) electrons. The molecule has 1 aromatic heterocycles. The predicted molar refractivity (Wildman–Crippen MR) is 72.1 cm³/mol. The Bertz CT molecular complexity index is 507. The Morgan fingerprint density at radius 2 is 2.26 bits per heavy atom. The van der Waals surface area contributed by atoms with Crippen molar-refractivity contribution in [3.8, 4) is 0 Å². The summed E-state index contributed by atoms with van der Waals surface area (Å²) in [6.45, 7) is 3.28. The molecule has 7 nitrogen and oxygen atoms in total. The van der Waals surface area contributed by atoms with Gasteiger partial charge in [0.1, 0.15) is 6.04 Å². The number of nitrogens with zero attached hydrogens (tertiary/aromatic N) is 2. The van der Waals surface area contributed by atoms with Crippen molar-refractivity contribution in [1.29, 1.82) is 0 Å². The van der Waals surface area contributed by atoms with Gasteiger partial charge in [-0.2, -0.15) is 11.8 Å². The van der Waals surface area contributed by atoms with Gasteiger partial charge in [-0.25, -0.2) is 0 Å². The normalized spacial score (nSPS) is 12.2. The van der Waals surface area contributed by atoms with E-state index in [4.69, 9.17) is 10.8 Å². The number of nitrogens with two attached hydrogens (primary N) is 1. The first-order valence-corrected chi connectivity index (χ1v) is 6.65. The van der Waals surface area contributed by atoms with Crippen molar-refractivity contribution >= 4 is 23.4 Å². The molecule has 1 rings (SSSR count). The molecule has 104 valence electrons. The van der Waals surface area contributed by atoms with Crippen LogP contribution in [0.15, 0.2) is 6.20 Å². The van der Waals surface area contributed by atoms with Gasteiger partial charge in [-0.3, -0.25) is 19.9 Å². The Morgan fingerprint density at radius 3 is 2.79 bits per heavy atom. The van der Waals surface area contributed by atoms with E-state index < -0.39 is 16.9 Å². The van der Waals surface area contributed by atoms with E-state index in [1.54, 1.807) is 13.8 Å². The lowest BCUT2D eigenvalue weighted by Crippen LogP contribution is -2.32. The van der Waals surface area contributed by atoms with Crippen LogP contribution in [0.2, 0.25) is 0 Å². The number of rotatable bonds is 6. The highest BCUT2D eigenvalue weighted by Crippen LogP contribution is 2.26. The second-order valence-electron chi connectivity index (χ2n) is 4.08. The second-order valence-corrected chi connectivity index (χ2v) is 5.11. The minimum atomic E-state index is -1.06. The van der Waals surface area contributed by atoms with Crippen molar-refractivity contribution in [3.05, 3.63) is 33.1 Å². The van der Waals surface area contributed by atoms with Crippen LogP contribution in [0.3, 0.4) is 0 Å². The van der Waals surface area contributed by atoms with Gasteiger partial charge >= 0.3 is 5.97 Å². The van der Waals surface area contributed by atoms with Crippen LogP contribution in [0.1, 0.15) is 16.8 Å². The Labute approximate surface area is 114 Å². The molecule has 3 N–H and O–H groups in total. The van der Waals surface area contributed by atoms with Crippen LogP contribution >= 0.6 is 11.8 Å². The molecule has 1 heterocycles. The number of carbonyl (C=O) groups is 1. The van der Waals surface area contributed by atoms with Crippen molar-refractivity contribution in [3.63, 3.8) is 0 Å². The summed E-state index contributed by atoms with van der Waals surface area (Å²) in [4.78, 5) is 25.2. The molecule has 19 heavy (non-hydrogen) atoms. The fraction of sp³-hybridized carbons (Fsp3) is 0.455. The molecule has 0 aromatic carbocycles. The van der Waals surface area contributed by atoms with Crippen LogP contribution in [-0.4, -0.2) is 32.8 Å². The highest BCUT2D eigenvalue weighted by Gasteiger charge is 2.19. The monoisotopic (exact) mass is 285 g/mol. The topological polar surface area (TPSA) is 119 Å². The van der Waals surface area contributed by atoms with E-state index in [9.17, 15) is 14.9 Å². The van der Waals surface area contributed by atoms with E-state index >= 15 is 0 Å². The fourth-order valence-electron chi connectivity index (χ4n) is 1.55. The summed E-state index contributed by atoms with van der Waals surface area (Å²) in [5.41, 5.74) is 7.05. The van der Waals surface area contributed by atoms with Crippen LogP contribution in [0, 0.1) is 24.0 Å². The van der Waals surface area contributed by atoms with Gasteiger partial charge in [0.25, 0.3) is 5.69 Å². The number of aliphatic carboxylic acids is 1. The molecule has 0 amide bonds. The molecule has 0 saturated carbocycles. The molecular weight excluding hydrogens is 270 g/mol. The smallest absolute Gasteiger partial charge is 0.321 e. The summed E-state index contributed by atoms with van der Waals surface area (Å²) >= 11 is 1.29. The third-order valence-electron chi connectivity index (χ3n) is 2.61. The SMILES string of the molecule is Cc1cnc(CSC[C@@H](N)C(=O)O)c(C)c1[N+](=O)[O-]. The molecule has 1 atom stereocenters. The quantitative estimate of drug-likeness (QED) is 0.596. The largest absolute Gasteiger partial charge is 0.480 e. The lowest BCUT2D eigenvalue weighted by molar-refractivity contribution is -0.386. The Kier molecular flexibility index (Phi) is 5.25. The number of hydrogen-bond donors (Lipinski definition) is 2. The first kappa shape index (κ1) is 15.4. The summed E-state index contributed by atoms with van der Waals surface area (Å²) in [6.07, 6.45) is 1.46. The average molecular weight is 285 g/mol. The maximum absolute atomic E-state index is 10.9. The van der Waals surface area contributed by atoms with E-state index in [2.05, 4.69) is 4.98 Å². The molecule has 0 aliphatic heterocycles. The van der Waals surface area contributed by atoms with Gasteiger partial charge in [0.15, 0.2) is 0 Å². The summed E-state index contributed by atoms with van der Waals surface area (Å²) < 4.78 is 0. The van der Waals surface area contributed by atoms with Crippen molar-refractivity contribution < 1.29 is 14.8 Å². The zero-order valence-electron chi connectivity index (χ0n) is 10.6. The number of aryl methyl sites for hydroxylation is 1. The molecule has 0 spiro atoms. The number of pyridine rings is 1. The number of thioether (sulfide) groups is 1. The fourth-order valence-corrected chi connectivity index (χ4v) is 2.54. The van der Waals surface area contributed by atoms with E-state index in [0.29, 0.717) is 22.6 Å². The lowest BCUT2D eigenvalue weighted by atomic mass is 10.1. The van der Waals surface area contributed by atoms with Crippen LogP contribution in [-0.2, 0) is 10.5 Å². The molecular formula is C11H15N3O4S. The third kappa shape index (κ3) is 3.90. The maximum atomic E-state index is 10.9. The second kappa shape index (κ2) is 6.48. The van der Waals surface area contributed by atoms with Gasteiger partial charge in [0.2, 0.25) is 0 Å². The van der Waals surface area contributed by atoms with Crippen molar-refractivity contribution in [2.45, 2.75) is 25.6 Å². The highest BCUT2D eigenvalue weighted by molar-refractivity contribution is 7.98. The zero-order chi connectivity index (χ0) is 14.6. The molecule has 0 aliphatic carbocycles. The van der Waals surface area contributed by atoms with Gasteiger partial charge in [-0.1, -0.05) is 0 Å². The first-order valence-electron chi connectivity index (χ1n) is 5.50. The van der Waals surface area contributed by atoms with E-state index in [1.165, 1.54) is 18.0 Å². The summed E-state index contributed by atoms with van der Waals surface area (Å²) in [5.74, 6) is -0.432. The van der Waals surface area contributed by atoms with Crippen LogP contribution in [0.5, 0.6) is 0 Å². The standard InChI is InChI=1S/C11H15N3O4S/c1-6-3-13-9(7(2)10(6)14(17)18)5-19-4-8(12)11(15)16/h3,8H,4-5,12H2,1-2H3,(H,15,16)/t8-/m1/s1. The average Bonchev–Trinajstić information content (AvgIpc) is 2.31. The Balaban J connectivity index is 2.78. The molecule has 1 aromatic rings. The summed E-state index contributed by atoms with van der Waals surface area (Å²) in [5, 5.41) is 19.6. The van der Waals surface area contributed by atoms with Crippen LogP contribution < -0.4 is 5.73 Å². The van der Waals surface area contributed by atoms with Gasteiger partial charge in [-0.05, 0) is 13.8 Å². The number of nitro groups is 1. The summed E-state index contributed by atoms with van der Waals surface area (Å²) in [7, 11) is 0. The molecule has 8 heteroatoms. The third-order valence-corrected chi connectivity index (χ3v) is 3.68. The number of hydrogen-bond acceptors (Lipinski definition) is 6. The number of carboxylic acid groups (broad SMARTS) is 1. The van der Waals surface area contributed by atoms with E-state index in [1.807, 2.05) is 0 Å². The van der Waals surface area contributed by atoms with Crippen molar-refractivity contribution in [1.82, 2.24) is 4.98 Å². The molecule has 0 bridgehead atoms. The number of aromatic nitrogens is 1. The minimum absolute atomic E-state index is 0.0631. The molecule has 0 saturated heterocycles. The van der Waals surface area contributed by atoms with Gasteiger partial charge < -0.3 is 10.8 Å². The maximum Gasteiger partial charge on any atom is 0.321 e.